The number of rotatable bonds is 5. The Kier molecular flexibility index (Phi) is 5.23. The van der Waals surface area contributed by atoms with Gasteiger partial charge < -0.3 is 4.74 Å². The number of fused-ring (bicyclic) bond motifs is 1. The minimum absolute atomic E-state index is 0.0985. The second-order valence-corrected chi connectivity index (χ2v) is 8.62. The monoisotopic (exact) mass is 487 g/mol. The fraction of sp³-hybridized carbons (Fsp3) is 0.115. The maximum atomic E-state index is 12.9. The molecule has 4 aromatic rings. The summed E-state index contributed by atoms with van der Waals surface area (Å²) in [4.78, 5) is 39.4. The van der Waals surface area contributed by atoms with Crippen molar-refractivity contribution in [3.8, 4) is 5.75 Å². The zero-order valence-electron chi connectivity index (χ0n) is 17.0. The molecule has 158 valence electrons. The summed E-state index contributed by atoms with van der Waals surface area (Å²) in [7, 11) is 0. The summed E-state index contributed by atoms with van der Waals surface area (Å²) in [5.74, 6) is -0.585. The van der Waals surface area contributed by atoms with Gasteiger partial charge in [0.2, 0.25) is 0 Å². The smallest absolute Gasteiger partial charge is 0.311 e. The molecule has 0 atom stereocenters. The summed E-state index contributed by atoms with van der Waals surface area (Å²) in [6.45, 7) is 0.156. The maximum Gasteiger partial charge on any atom is 0.311 e. The van der Waals surface area contributed by atoms with Crippen molar-refractivity contribution in [1.82, 2.24) is 4.90 Å². The van der Waals surface area contributed by atoms with E-state index >= 15 is 0 Å². The minimum Gasteiger partial charge on any atom is -0.427 e. The second kappa shape index (κ2) is 8.20. The molecule has 1 heterocycles. The van der Waals surface area contributed by atoms with Gasteiger partial charge in [-0.15, -0.1) is 0 Å². The molecule has 2 amide bonds. The number of ether oxygens (including phenoxy) is 1. The summed E-state index contributed by atoms with van der Waals surface area (Å²) in [5, 5.41) is 3.57. The molecule has 1 aliphatic rings. The lowest BCUT2D eigenvalue weighted by Gasteiger charge is -2.27. The van der Waals surface area contributed by atoms with Crippen LogP contribution in [0.3, 0.4) is 0 Å². The van der Waals surface area contributed by atoms with Crippen molar-refractivity contribution >= 4 is 55.3 Å². The highest BCUT2D eigenvalue weighted by molar-refractivity contribution is 9.10. The van der Waals surface area contributed by atoms with Crippen LogP contribution in [0.15, 0.2) is 77.3 Å². The van der Waals surface area contributed by atoms with E-state index < -0.39 is 5.97 Å². The van der Waals surface area contributed by atoms with Crippen molar-refractivity contribution < 1.29 is 19.1 Å². The SMILES string of the molecule is O=C(CCCN1C(=O)c2cccc3cccc(c23)C1=O)Oc1ccc2cc(Br)ccc2c1. The Morgan fingerprint density at radius 1 is 0.812 bits per heavy atom. The number of nitrogens with zero attached hydrogens (tertiary/aromatic N) is 1. The van der Waals surface area contributed by atoms with Gasteiger partial charge in [-0.05, 0) is 59.0 Å². The molecule has 0 saturated heterocycles. The van der Waals surface area contributed by atoms with E-state index in [1.54, 1.807) is 18.2 Å². The average molecular weight is 488 g/mol. The molecule has 0 aromatic heterocycles. The highest BCUT2D eigenvalue weighted by Crippen LogP contribution is 2.30. The fourth-order valence-corrected chi connectivity index (χ4v) is 4.48. The molecular weight excluding hydrogens is 470 g/mol. The number of hydrogen-bond donors (Lipinski definition) is 0. The molecule has 6 heteroatoms. The number of halogens is 1. The lowest BCUT2D eigenvalue weighted by Crippen LogP contribution is -2.41. The second-order valence-electron chi connectivity index (χ2n) is 7.70. The molecule has 5 nitrogen and oxygen atoms in total. The zero-order valence-corrected chi connectivity index (χ0v) is 18.6. The average Bonchev–Trinajstić information content (AvgIpc) is 2.79. The van der Waals surface area contributed by atoms with Crippen LogP contribution >= 0.6 is 15.9 Å². The lowest BCUT2D eigenvalue weighted by molar-refractivity contribution is -0.134. The van der Waals surface area contributed by atoms with Crippen LogP contribution in [-0.4, -0.2) is 29.2 Å². The zero-order chi connectivity index (χ0) is 22.2. The lowest BCUT2D eigenvalue weighted by atomic mass is 9.94. The number of imide groups is 1. The molecular formula is C26H18BrNO4. The largest absolute Gasteiger partial charge is 0.427 e. The number of esters is 1. The number of carbonyl (C=O) groups excluding carboxylic acids is 3. The van der Waals surface area contributed by atoms with E-state index in [1.807, 2.05) is 54.6 Å². The molecule has 0 bridgehead atoms. The summed E-state index contributed by atoms with van der Waals surface area (Å²) in [6.07, 6.45) is 0.427. The third-order valence-electron chi connectivity index (χ3n) is 5.62. The van der Waals surface area contributed by atoms with Crippen molar-refractivity contribution in [1.29, 1.82) is 0 Å². The van der Waals surface area contributed by atoms with Crippen LogP contribution in [0.1, 0.15) is 33.6 Å². The molecule has 0 unspecified atom stereocenters. The summed E-state index contributed by atoms with van der Waals surface area (Å²) < 4.78 is 6.44. The summed E-state index contributed by atoms with van der Waals surface area (Å²) in [6, 6.07) is 22.2. The van der Waals surface area contributed by atoms with E-state index in [0.717, 1.165) is 20.6 Å². The number of amides is 2. The number of hydrogen-bond acceptors (Lipinski definition) is 4. The van der Waals surface area contributed by atoms with Crippen LogP contribution in [0.4, 0.5) is 0 Å². The third kappa shape index (κ3) is 3.67. The van der Waals surface area contributed by atoms with E-state index in [-0.39, 0.29) is 24.8 Å². The van der Waals surface area contributed by atoms with E-state index in [0.29, 0.717) is 28.7 Å². The van der Waals surface area contributed by atoms with Gasteiger partial charge in [0.1, 0.15) is 5.75 Å². The predicted octanol–water partition coefficient (Wildman–Crippen LogP) is 5.74. The molecule has 4 aromatic carbocycles. The van der Waals surface area contributed by atoms with Gasteiger partial charge in [0.05, 0.1) is 0 Å². The van der Waals surface area contributed by atoms with Gasteiger partial charge in [-0.25, -0.2) is 0 Å². The Bertz CT molecular complexity index is 1360. The quantitative estimate of drug-likeness (QED) is 0.204. The first-order valence-electron chi connectivity index (χ1n) is 10.3. The Morgan fingerprint density at radius 2 is 1.47 bits per heavy atom. The van der Waals surface area contributed by atoms with E-state index in [9.17, 15) is 14.4 Å². The molecule has 1 aliphatic heterocycles. The van der Waals surface area contributed by atoms with Crippen molar-refractivity contribution in [2.45, 2.75) is 12.8 Å². The van der Waals surface area contributed by atoms with E-state index in [1.165, 1.54) is 4.90 Å². The summed E-state index contributed by atoms with van der Waals surface area (Å²) >= 11 is 3.44. The Labute approximate surface area is 192 Å². The van der Waals surface area contributed by atoms with Crippen LogP contribution in [-0.2, 0) is 4.79 Å². The van der Waals surface area contributed by atoms with Gasteiger partial charge >= 0.3 is 5.97 Å². The fourth-order valence-electron chi connectivity index (χ4n) is 4.11. The number of benzene rings is 4. The predicted molar refractivity (Wildman–Crippen MR) is 126 cm³/mol. The van der Waals surface area contributed by atoms with Gasteiger partial charge in [-0.2, -0.15) is 0 Å². The molecule has 0 fully saturated rings. The Morgan fingerprint density at radius 3 is 2.19 bits per heavy atom. The number of carbonyl (C=O) groups is 3. The highest BCUT2D eigenvalue weighted by Gasteiger charge is 2.32. The van der Waals surface area contributed by atoms with Crippen molar-refractivity contribution in [3.63, 3.8) is 0 Å². The van der Waals surface area contributed by atoms with Crippen LogP contribution in [0.25, 0.3) is 21.5 Å². The van der Waals surface area contributed by atoms with Crippen molar-refractivity contribution in [2.24, 2.45) is 0 Å². The maximum absolute atomic E-state index is 12.9. The molecule has 5 rings (SSSR count). The molecule has 0 aliphatic carbocycles. The molecule has 0 radical (unpaired) electrons. The highest BCUT2D eigenvalue weighted by atomic mass is 79.9. The first-order valence-corrected chi connectivity index (χ1v) is 11.1. The normalized spacial score (nSPS) is 13.1. The van der Waals surface area contributed by atoms with Crippen LogP contribution in [0, 0.1) is 0 Å². The van der Waals surface area contributed by atoms with Crippen LogP contribution in [0.2, 0.25) is 0 Å². The molecule has 0 saturated carbocycles. The van der Waals surface area contributed by atoms with Crippen molar-refractivity contribution in [3.05, 3.63) is 88.4 Å². The van der Waals surface area contributed by atoms with Gasteiger partial charge in [-0.1, -0.05) is 52.3 Å². The Balaban J connectivity index is 1.24. The molecule has 0 N–H and O–H groups in total. The Hall–Kier alpha value is -3.51. The van der Waals surface area contributed by atoms with Crippen LogP contribution in [0.5, 0.6) is 5.75 Å². The first kappa shape index (κ1) is 20.4. The van der Waals surface area contributed by atoms with E-state index in [2.05, 4.69) is 15.9 Å². The third-order valence-corrected chi connectivity index (χ3v) is 6.12. The molecule has 32 heavy (non-hydrogen) atoms. The molecule has 0 spiro atoms. The van der Waals surface area contributed by atoms with Crippen LogP contribution < -0.4 is 4.74 Å². The van der Waals surface area contributed by atoms with Crippen molar-refractivity contribution in [2.75, 3.05) is 6.54 Å². The van der Waals surface area contributed by atoms with E-state index in [4.69, 9.17) is 4.74 Å². The van der Waals surface area contributed by atoms with Gasteiger partial charge in [0.25, 0.3) is 11.8 Å². The van der Waals surface area contributed by atoms with Gasteiger partial charge in [-0.3, -0.25) is 19.3 Å². The standard InChI is InChI=1S/C26H18BrNO4/c27-19-11-9-18-15-20(12-10-17(18)14-19)32-23(29)8-3-13-28-25(30)21-6-1-4-16-5-2-7-22(24(16)21)26(28)31/h1-2,4-7,9-12,14-15H,3,8,13H2. The van der Waals surface area contributed by atoms with Gasteiger partial charge in [0.15, 0.2) is 0 Å². The van der Waals surface area contributed by atoms with Gasteiger partial charge in [0, 0.05) is 34.0 Å². The first-order chi connectivity index (χ1) is 15.5. The topological polar surface area (TPSA) is 63.7 Å². The summed E-state index contributed by atoms with van der Waals surface area (Å²) in [5.41, 5.74) is 1.03. The minimum atomic E-state index is -0.402.